The maximum atomic E-state index is 13.5. The number of carbonyl (C=O) groups excluding carboxylic acids is 1. The number of ether oxygens (including phenoxy) is 3. The summed E-state index contributed by atoms with van der Waals surface area (Å²) in [5, 5.41) is 4.04. The van der Waals surface area contributed by atoms with Crippen LogP contribution in [0.3, 0.4) is 0 Å². The number of sulfonamides is 1. The van der Waals surface area contributed by atoms with Gasteiger partial charge in [-0.15, -0.1) is 0 Å². The summed E-state index contributed by atoms with van der Waals surface area (Å²) >= 11 is 0. The lowest BCUT2D eigenvalue weighted by Crippen LogP contribution is -2.39. The van der Waals surface area contributed by atoms with E-state index >= 15 is 0 Å². The smallest absolute Gasteiger partial charge is 0.264 e. The average Bonchev–Trinajstić information content (AvgIpc) is 3.01. The van der Waals surface area contributed by atoms with E-state index in [-0.39, 0.29) is 4.90 Å². The molecule has 42 heavy (non-hydrogen) atoms. The molecule has 0 aliphatic carbocycles. The standard InChI is InChI=1S/C32H33N3O6S/c1-3-39-28-16-18-29(19-17-28)42(37,38)35(27-13-9-6-10-14-27)23-32(36)34-33-22-26-15-20-30(31(21-26)40-4-2)41-24-25-11-7-5-8-12-25/h5-22H,3-4,23-24H2,1-2H3,(H,34,36)/b33-22+. The van der Waals surface area contributed by atoms with E-state index < -0.39 is 22.5 Å². The van der Waals surface area contributed by atoms with E-state index in [0.29, 0.717) is 48.3 Å². The lowest BCUT2D eigenvalue weighted by molar-refractivity contribution is -0.119. The van der Waals surface area contributed by atoms with E-state index in [1.807, 2.05) is 44.2 Å². The van der Waals surface area contributed by atoms with Crippen molar-refractivity contribution in [2.75, 3.05) is 24.1 Å². The number of para-hydroxylation sites is 1. The average molecular weight is 588 g/mol. The molecule has 0 saturated carbocycles. The van der Waals surface area contributed by atoms with Gasteiger partial charge >= 0.3 is 0 Å². The minimum Gasteiger partial charge on any atom is -0.494 e. The minimum atomic E-state index is -4.07. The molecule has 0 aliphatic heterocycles. The van der Waals surface area contributed by atoms with Gasteiger partial charge in [0.05, 0.1) is 30.0 Å². The largest absolute Gasteiger partial charge is 0.494 e. The lowest BCUT2D eigenvalue weighted by atomic mass is 10.2. The molecule has 218 valence electrons. The molecule has 4 aromatic rings. The molecule has 10 heteroatoms. The molecule has 4 rings (SSSR count). The fourth-order valence-electron chi connectivity index (χ4n) is 3.98. The number of benzene rings is 4. The molecule has 0 bridgehead atoms. The van der Waals surface area contributed by atoms with Gasteiger partial charge in [-0.25, -0.2) is 13.8 Å². The quantitative estimate of drug-likeness (QED) is 0.156. The van der Waals surface area contributed by atoms with Gasteiger partial charge < -0.3 is 14.2 Å². The predicted octanol–water partition coefficient (Wildman–Crippen LogP) is 5.41. The second-order valence-corrected chi connectivity index (χ2v) is 10.8. The van der Waals surface area contributed by atoms with Crippen molar-refractivity contribution in [3.63, 3.8) is 0 Å². The summed E-state index contributed by atoms with van der Waals surface area (Å²) in [4.78, 5) is 12.9. The molecule has 0 radical (unpaired) electrons. The zero-order valence-electron chi connectivity index (χ0n) is 23.5. The van der Waals surface area contributed by atoms with Crippen LogP contribution in [0.1, 0.15) is 25.0 Å². The van der Waals surface area contributed by atoms with Gasteiger partial charge in [-0.05, 0) is 79.6 Å². The Morgan fingerprint density at radius 2 is 1.48 bits per heavy atom. The number of hydrogen-bond acceptors (Lipinski definition) is 7. The molecule has 4 aromatic carbocycles. The third-order valence-electron chi connectivity index (χ3n) is 5.96. The molecule has 1 N–H and O–H groups in total. The number of rotatable bonds is 14. The topological polar surface area (TPSA) is 107 Å². The van der Waals surface area contributed by atoms with Crippen molar-refractivity contribution in [2.45, 2.75) is 25.3 Å². The van der Waals surface area contributed by atoms with Crippen LogP contribution in [0.4, 0.5) is 5.69 Å². The van der Waals surface area contributed by atoms with Crippen molar-refractivity contribution in [3.05, 3.63) is 114 Å². The fourth-order valence-corrected chi connectivity index (χ4v) is 5.40. The summed E-state index contributed by atoms with van der Waals surface area (Å²) < 4.78 is 45.2. The monoisotopic (exact) mass is 587 g/mol. The number of hydrogen-bond donors (Lipinski definition) is 1. The third kappa shape index (κ3) is 8.11. The minimum absolute atomic E-state index is 0.0316. The predicted molar refractivity (Wildman–Crippen MR) is 163 cm³/mol. The zero-order valence-corrected chi connectivity index (χ0v) is 24.3. The van der Waals surface area contributed by atoms with Crippen molar-refractivity contribution >= 4 is 27.8 Å². The Hall–Kier alpha value is -4.83. The molecule has 0 saturated heterocycles. The van der Waals surface area contributed by atoms with Crippen molar-refractivity contribution in [1.82, 2.24) is 5.43 Å². The summed E-state index contributed by atoms with van der Waals surface area (Å²) in [5.41, 5.74) is 4.46. The van der Waals surface area contributed by atoms with Crippen LogP contribution < -0.4 is 23.9 Å². The molecular weight excluding hydrogens is 554 g/mol. The number of anilines is 1. The maximum absolute atomic E-state index is 13.5. The normalized spacial score (nSPS) is 11.2. The molecule has 0 aliphatic rings. The highest BCUT2D eigenvalue weighted by molar-refractivity contribution is 7.92. The Balaban J connectivity index is 1.45. The Labute approximate surface area is 246 Å². The molecule has 0 aromatic heterocycles. The molecule has 9 nitrogen and oxygen atoms in total. The Kier molecular flexibility index (Phi) is 10.5. The maximum Gasteiger partial charge on any atom is 0.264 e. The highest BCUT2D eigenvalue weighted by atomic mass is 32.2. The van der Waals surface area contributed by atoms with Crippen molar-refractivity contribution in [3.8, 4) is 17.2 Å². The highest BCUT2D eigenvalue weighted by Crippen LogP contribution is 2.29. The highest BCUT2D eigenvalue weighted by Gasteiger charge is 2.27. The van der Waals surface area contributed by atoms with Gasteiger partial charge in [-0.2, -0.15) is 5.10 Å². The van der Waals surface area contributed by atoms with E-state index in [1.54, 1.807) is 60.7 Å². The van der Waals surface area contributed by atoms with Crippen LogP contribution in [0.2, 0.25) is 0 Å². The summed E-state index contributed by atoms with van der Waals surface area (Å²) in [6.07, 6.45) is 1.45. The number of carbonyl (C=O) groups is 1. The van der Waals surface area contributed by atoms with E-state index in [9.17, 15) is 13.2 Å². The Morgan fingerprint density at radius 1 is 0.810 bits per heavy atom. The first-order chi connectivity index (χ1) is 20.4. The van der Waals surface area contributed by atoms with Crippen molar-refractivity contribution in [2.24, 2.45) is 5.10 Å². The summed E-state index contributed by atoms with van der Waals surface area (Å²) in [6, 6.07) is 29.6. The first-order valence-corrected chi connectivity index (χ1v) is 14.9. The van der Waals surface area contributed by atoms with Gasteiger partial charge in [0.1, 0.15) is 18.9 Å². The number of nitrogens with zero attached hydrogens (tertiary/aromatic N) is 2. The van der Waals surface area contributed by atoms with Gasteiger partial charge in [0.15, 0.2) is 11.5 Å². The molecule has 0 heterocycles. The van der Waals surface area contributed by atoms with Crippen molar-refractivity contribution < 1.29 is 27.4 Å². The second-order valence-electron chi connectivity index (χ2n) is 8.96. The second kappa shape index (κ2) is 14.7. The summed E-state index contributed by atoms with van der Waals surface area (Å²) in [6.45, 7) is 4.54. The SMILES string of the molecule is CCOc1ccc(S(=O)(=O)N(CC(=O)N/N=C/c2ccc(OCc3ccccc3)c(OCC)c2)c2ccccc2)cc1. The van der Waals surface area contributed by atoms with Crippen LogP contribution in [-0.2, 0) is 21.4 Å². The molecule has 1 amide bonds. The van der Waals surface area contributed by atoms with E-state index in [4.69, 9.17) is 14.2 Å². The van der Waals surface area contributed by atoms with Crippen LogP contribution in [-0.4, -0.2) is 40.3 Å². The van der Waals surface area contributed by atoms with Gasteiger partial charge in [-0.3, -0.25) is 9.10 Å². The van der Waals surface area contributed by atoms with Crippen molar-refractivity contribution in [1.29, 1.82) is 0 Å². The van der Waals surface area contributed by atoms with Crippen LogP contribution in [0, 0.1) is 0 Å². The number of nitrogens with one attached hydrogen (secondary N) is 1. The van der Waals surface area contributed by atoms with Crippen LogP contribution >= 0.6 is 0 Å². The van der Waals surface area contributed by atoms with Gasteiger partial charge in [0.25, 0.3) is 15.9 Å². The van der Waals surface area contributed by atoms with Gasteiger partial charge in [0.2, 0.25) is 0 Å². The molecule has 0 fully saturated rings. The zero-order chi connectivity index (χ0) is 29.8. The van der Waals surface area contributed by atoms with E-state index in [0.717, 1.165) is 9.87 Å². The molecule has 0 unspecified atom stereocenters. The molecule has 0 atom stereocenters. The van der Waals surface area contributed by atoms with Crippen LogP contribution in [0.15, 0.2) is 113 Å². The van der Waals surface area contributed by atoms with Gasteiger partial charge in [-0.1, -0.05) is 48.5 Å². The van der Waals surface area contributed by atoms with Crippen LogP contribution in [0.5, 0.6) is 17.2 Å². The molecular formula is C32H33N3O6S. The number of hydrazone groups is 1. The molecule has 0 spiro atoms. The summed E-state index contributed by atoms with van der Waals surface area (Å²) in [5.74, 6) is 1.07. The first kappa shape index (κ1) is 30.1. The lowest BCUT2D eigenvalue weighted by Gasteiger charge is -2.23. The fraction of sp³-hybridized carbons (Fsp3) is 0.188. The number of amides is 1. The Morgan fingerprint density at radius 3 is 2.14 bits per heavy atom. The van der Waals surface area contributed by atoms with E-state index in [2.05, 4.69) is 10.5 Å². The third-order valence-corrected chi connectivity index (χ3v) is 7.75. The Bertz CT molecular complexity index is 1580. The summed E-state index contributed by atoms with van der Waals surface area (Å²) in [7, 11) is -4.07. The van der Waals surface area contributed by atoms with Gasteiger partial charge in [0, 0.05) is 0 Å². The van der Waals surface area contributed by atoms with E-state index in [1.165, 1.54) is 18.3 Å². The first-order valence-electron chi connectivity index (χ1n) is 13.5. The van der Waals surface area contributed by atoms with Crippen LogP contribution in [0.25, 0.3) is 0 Å².